The Bertz CT molecular complexity index is 918. The summed E-state index contributed by atoms with van der Waals surface area (Å²) in [4.78, 5) is 0. The zero-order chi connectivity index (χ0) is 16.2. The van der Waals surface area contributed by atoms with Crippen molar-refractivity contribution in [3.8, 4) is 0 Å². The van der Waals surface area contributed by atoms with E-state index >= 15 is 0 Å². The van der Waals surface area contributed by atoms with Crippen LogP contribution in [0.4, 0.5) is 0 Å². The minimum absolute atomic E-state index is 0.361. The summed E-state index contributed by atoms with van der Waals surface area (Å²) in [6.45, 7) is 0. The number of hydrogen-bond acceptors (Lipinski definition) is 0. The van der Waals surface area contributed by atoms with Gasteiger partial charge in [-0.1, -0.05) is 103 Å². The Hall–Kier alpha value is -2.86. The predicted octanol–water partition coefficient (Wildman–Crippen LogP) is 6.21. The smallest absolute Gasteiger partial charge is 0.0136 e. The van der Waals surface area contributed by atoms with Crippen molar-refractivity contribution in [1.82, 2.24) is 0 Å². The van der Waals surface area contributed by atoms with Gasteiger partial charge in [0, 0.05) is 5.92 Å². The van der Waals surface area contributed by atoms with Crippen molar-refractivity contribution >= 4 is 10.8 Å². The molecule has 0 fully saturated rings. The van der Waals surface area contributed by atoms with Gasteiger partial charge in [0.2, 0.25) is 0 Å². The highest BCUT2D eigenvalue weighted by atomic mass is 14.2. The number of hydrogen-bond donors (Lipinski definition) is 0. The largest absolute Gasteiger partial charge is 0.0622 e. The number of rotatable bonds is 4. The van der Waals surface area contributed by atoms with Gasteiger partial charge in [-0.15, -0.1) is 0 Å². The van der Waals surface area contributed by atoms with Crippen LogP contribution in [0.3, 0.4) is 0 Å². The molecule has 4 rings (SSSR count). The van der Waals surface area contributed by atoms with Gasteiger partial charge in [-0.25, -0.2) is 0 Å². The van der Waals surface area contributed by atoms with Gasteiger partial charge >= 0.3 is 0 Å². The van der Waals surface area contributed by atoms with Gasteiger partial charge in [-0.05, 0) is 33.9 Å². The van der Waals surface area contributed by atoms with Crippen LogP contribution >= 0.6 is 0 Å². The fraction of sp³-hybridized carbons (Fsp3) is 0.0833. The maximum absolute atomic E-state index is 2.28. The first-order valence-corrected chi connectivity index (χ1v) is 8.48. The van der Waals surface area contributed by atoms with Crippen LogP contribution in [-0.4, -0.2) is 0 Å². The molecule has 0 heterocycles. The molecule has 0 radical (unpaired) electrons. The normalized spacial score (nSPS) is 12.2. The van der Waals surface area contributed by atoms with E-state index in [-0.39, 0.29) is 0 Å². The molecule has 0 nitrogen and oxygen atoms in total. The van der Waals surface area contributed by atoms with Crippen LogP contribution in [0.5, 0.6) is 0 Å². The summed E-state index contributed by atoms with van der Waals surface area (Å²) in [7, 11) is 0. The Morgan fingerprint density at radius 3 is 1.96 bits per heavy atom. The van der Waals surface area contributed by atoms with E-state index in [4.69, 9.17) is 0 Å². The van der Waals surface area contributed by atoms with E-state index in [1.54, 1.807) is 0 Å². The van der Waals surface area contributed by atoms with E-state index in [0.717, 1.165) is 6.42 Å². The van der Waals surface area contributed by atoms with Crippen LogP contribution in [0.2, 0.25) is 0 Å². The van der Waals surface area contributed by atoms with E-state index in [9.17, 15) is 0 Å². The highest BCUT2D eigenvalue weighted by Crippen LogP contribution is 2.33. The van der Waals surface area contributed by atoms with Gasteiger partial charge < -0.3 is 0 Å². The van der Waals surface area contributed by atoms with Crippen molar-refractivity contribution in [2.45, 2.75) is 12.3 Å². The molecule has 0 aliphatic carbocycles. The summed E-state index contributed by atoms with van der Waals surface area (Å²) < 4.78 is 0. The van der Waals surface area contributed by atoms with Crippen LogP contribution in [0.1, 0.15) is 22.6 Å². The van der Waals surface area contributed by atoms with Crippen molar-refractivity contribution in [2.75, 3.05) is 0 Å². The number of benzene rings is 4. The summed E-state index contributed by atoms with van der Waals surface area (Å²) in [5.41, 5.74) is 4.15. The fourth-order valence-corrected chi connectivity index (χ4v) is 3.50. The molecular weight excluding hydrogens is 288 g/mol. The molecule has 0 spiro atoms. The molecule has 0 aliphatic rings. The summed E-state index contributed by atoms with van der Waals surface area (Å²) in [6.07, 6.45) is 1.01. The van der Waals surface area contributed by atoms with Gasteiger partial charge in [0.1, 0.15) is 0 Å². The van der Waals surface area contributed by atoms with Gasteiger partial charge in [-0.3, -0.25) is 0 Å². The Balaban J connectivity index is 1.86. The minimum Gasteiger partial charge on any atom is -0.0622 e. The van der Waals surface area contributed by atoms with Crippen molar-refractivity contribution in [3.63, 3.8) is 0 Å². The average molecular weight is 308 g/mol. The van der Waals surface area contributed by atoms with E-state index in [1.165, 1.54) is 27.5 Å². The minimum atomic E-state index is 0.361. The third-order valence-electron chi connectivity index (χ3n) is 4.68. The van der Waals surface area contributed by atoms with Crippen LogP contribution in [-0.2, 0) is 6.42 Å². The third kappa shape index (κ3) is 2.96. The highest BCUT2D eigenvalue weighted by molar-refractivity contribution is 5.86. The molecule has 24 heavy (non-hydrogen) atoms. The molecule has 0 amide bonds. The first kappa shape index (κ1) is 14.7. The molecule has 0 N–H and O–H groups in total. The van der Waals surface area contributed by atoms with E-state index < -0.39 is 0 Å². The zero-order valence-corrected chi connectivity index (χ0v) is 13.6. The molecule has 4 aromatic carbocycles. The third-order valence-corrected chi connectivity index (χ3v) is 4.68. The van der Waals surface area contributed by atoms with Crippen molar-refractivity contribution < 1.29 is 0 Å². The Kier molecular flexibility index (Phi) is 4.12. The lowest BCUT2D eigenvalue weighted by Gasteiger charge is -2.20. The first-order valence-electron chi connectivity index (χ1n) is 8.48. The predicted molar refractivity (Wildman–Crippen MR) is 102 cm³/mol. The van der Waals surface area contributed by atoms with Crippen molar-refractivity contribution in [3.05, 3.63) is 120 Å². The van der Waals surface area contributed by atoms with Crippen LogP contribution < -0.4 is 0 Å². The molecule has 0 aromatic heterocycles. The molecule has 0 bridgehead atoms. The fourth-order valence-electron chi connectivity index (χ4n) is 3.50. The van der Waals surface area contributed by atoms with Crippen molar-refractivity contribution in [1.29, 1.82) is 0 Å². The van der Waals surface area contributed by atoms with Gasteiger partial charge in [0.15, 0.2) is 0 Å². The molecular formula is C24H20. The standard InChI is InChI=1S/C24H20/c1-3-10-19(11-4-1)18-24(21-12-5-2-6-13-21)23-17-9-15-20-14-7-8-16-22(20)23/h1-17,24H,18H2. The molecule has 0 aliphatic heterocycles. The molecule has 0 saturated carbocycles. The highest BCUT2D eigenvalue weighted by Gasteiger charge is 2.17. The quantitative estimate of drug-likeness (QED) is 0.420. The maximum atomic E-state index is 2.28. The summed E-state index contributed by atoms with van der Waals surface area (Å²) >= 11 is 0. The second kappa shape index (κ2) is 6.72. The Morgan fingerprint density at radius 2 is 1.17 bits per heavy atom. The maximum Gasteiger partial charge on any atom is 0.0136 e. The first-order chi connectivity index (χ1) is 11.9. The van der Waals surface area contributed by atoms with E-state index in [2.05, 4.69) is 103 Å². The van der Waals surface area contributed by atoms with Crippen LogP contribution in [0.15, 0.2) is 103 Å². The van der Waals surface area contributed by atoms with Crippen molar-refractivity contribution in [2.24, 2.45) is 0 Å². The topological polar surface area (TPSA) is 0 Å². The lowest BCUT2D eigenvalue weighted by molar-refractivity contribution is 0.812. The average Bonchev–Trinajstić information content (AvgIpc) is 2.67. The Labute approximate surface area is 143 Å². The zero-order valence-electron chi connectivity index (χ0n) is 13.6. The summed E-state index contributed by atoms with van der Waals surface area (Å²) in [6, 6.07) is 37.0. The molecule has 1 unspecified atom stereocenters. The van der Waals surface area contributed by atoms with Crippen LogP contribution in [0, 0.1) is 0 Å². The van der Waals surface area contributed by atoms with Gasteiger partial charge in [0.25, 0.3) is 0 Å². The summed E-state index contributed by atoms with van der Waals surface area (Å²) in [5.74, 6) is 0.361. The molecule has 116 valence electrons. The lowest BCUT2D eigenvalue weighted by atomic mass is 9.83. The van der Waals surface area contributed by atoms with Gasteiger partial charge in [-0.2, -0.15) is 0 Å². The summed E-state index contributed by atoms with van der Waals surface area (Å²) in [5, 5.41) is 2.66. The number of fused-ring (bicyclic) bond motifs is 1. The Morgan fingerprint density at radius 1 is 0.542 bits per heavy atom. The van der Waals surface area contributed by atoms with Crippen LogP contribution in [0.25, 0.3) is 10.8 Å². The second-order valence-electron chi connectivity index (χ2n) is 6.22. The molecule has 0 saturated heterocycles. The second-order valence-corrected chi connectivity index (χ2v) is 6.22. The monoisotopic (exact) mass is 308 g/mol. The SMILES string of the molecule is c1ccc(CC(c2ccccc2)c2cccc3ccccc23)cc1. The molecule has 1 atom stereocenters. The molecule has 4 aromatic rings. The molecule has 0 heteroatoms. The van der Waals surface area contributed by atoms with E-state index in [1.807, 2.05) is 0 Å². The van der Waals surface area contributed by atoms with Gasteiger partial charge in [0.05, 0.1) is 0 Å². The lowest BCUT2D eigenvalue weighted by Crippen LogP contribution is -2.06. The van der Waals surface area contributed by atoms with E-state index in [0.29, 0.717) is 5.92 Å².